The van der Waals surface area contributed by atoms with E-state index in [1.807, 2.05) is 0 Å². The average Bonchev–Trinajstić information content (AvgIpc) is 3.48. The number of fused-ring (bicyclic) bond motifs is 3. The van der Waals surface area contributed by atoms with Crippen LogP contribution in [0.2, 0.25) is 0 Å². The highest BCUT2D eigenvalue weighted by atomic mass is 16.6. The van der Waals surface area contributed by atoms with Crippen LogP contribution in [-0.2, 0) is 9.47 Å². The molecule has 4 aliphatic heterocycles. The topological polar surface area (TPSA) is 25.0 Å². The number of ether oxygens (including phenoxy) is 2. The Morgan fingerprint density at radius 3 is 2.50 bits per heavy atom. The van der Waals surface area contributed by atoms with Crippen LogP contribution in [-0.4, -0.2) is 42.8 Å². The molecule has 4 saturated heterocycles. The van der Waals surface area contributed by atoms with E-state index in [4.69, 9.17) is 9.47 Å². The molecule has 1 aromatic carbocycles. The van der Waals surface area contributed by atoms with E-state index < -0.39 is 0 Å². The molecule has 0 radical (unpaired) electrons. The first-order valence-electron chi connectivity index (χ1n) is 8.92. The summed E-state index contributed by atoms with van der Waals surface area (Å²) in [7, 11) is 0. The zero-order valence-corrected chi connectivity index (χ0v) is 13.1. The van der Waals surface area contributed by atoms with E-state index >= 15 is 0 Å². The zero-order chi connectivity index (χ0) is 14.6. The minimum Gasteiger partial charge on any atom is -0.373 e. The third-order valence-electron chi connectivity index (χ3n) is 6.21. The van der Waals surface area contributed by atoms with Gasteiger partial charge >= 0.3 is 0 Å². The number of piperidine rings is 3. The van der Waals surface area contributed by atoms with Crippen molar-refractivity contribution in [2.75, 3.05) is 26.2 Å². The lowest BCUT2D eigenvalue weighted by molar-refractivity contribution is -0.0846. The van der Waals surface area contributed by atoms with E-state index in [0.29, 0.717) is 6.10 Å². The van der Waals surface area contributed by atoms with Gasteiger partial charge in [0.05, 0.1) is 12.7 Å². The highest BCUT2D eigenvalue weighted by molar-refractivity contribution is 5.28. The fourth-order valence-corrected chi connectivity index (χ4v) is 4.61. The van der Waals surface area contributed by atoms with E-state index in [-0.39, 0.29) is 11.7 Å². The molecule has 0 N–H and O–H groups in total. The van der Waals surface area contributed by atoms with Crippen molar-refractivity contribution in [1.82, 2.24) is 4.90 Å². The molecular weight excluding hydrogens is 274 g/mol. The first kappa shape index (κ1) is 13.5. The van der Waals surface area contributed by atoms with Crippen molar-refractivity contribution >= 4 is 0 Å². The lowest BCUT2D eigenvalue weighted by atomic mass is 9.85. The van der Waals surface area contributed by atoms with Crippen molar-refractivity contribution in [2.24, 2.45) is 11.8 Å². The first-order valence-corrected chi connectivity index (χ1v) is 8.92. The Morgan fingerprint density at radius 1 is 1.09 bits per heavy atom. The van der Waals surface area contributed by atoms with Crippen molar-refractivity contribution in [2.45, 2.75) is 43.5 Å². The van der Waals surface area contributed by atoms with E-state index in [0.717, 1.165) is 25.0 Å². The monoisotopic (exact) mass is 299 g/mol. The van der Waals surface area contributed by atoms with Crippen LogP contribution in [0, 0.1) is 11.8 Å². The Bertz CT molecular complexity index is 536. The maximum Gasteiger partial charge on any atom is 0.125 e. The molecule has 1 aromatic rings. The molecule has 1 saturated carbocycles. The average molecular weight is 299 g/mol. The summed E-state index contributed by atoms with van der Waals surface area (Å²) in [6, 6.07) is 10.7. The Morgan fingerprint density at radius 2 is 1.86 bits per heavy atom. The second kappa shape index (κ2) is 5.05. The number of benzene rings is 1. The summed E-state index contributed by atoms with van der Waals surface area (Å²) in [5, 5.41) is 0. The molecule has 3 atom stereocenters. The van der Waals surface area contributed by atoms with Gasteiger partial charge in [-0.3, -0.25) is 0 Å². The fourth-order valence-electron chi connectivity index (χ4n) is 4.61. The predicted octanol–water partition coefficient (Wildman–Crippen LogP) is 3.02. The maximum absolute atomic E-state index is 6.43. The van der Waals surface area contributed by atoms with Gasteiger partial charge < -0.3 is 14.4 Å². The molecule has 3 heteroatoms. The van der Waals surface area contributed by atoms with Gasteiger partial charge in [0.25, 0.3) is 0 Å². The van der Waals surface area contributed by atoms with Crippen LogP contribution in [0.25, 0.3) is 0 Å². The molecule has 22 heavy (non-hydrogen) atoms. The van der Waals surface area contributed by atoms with Crippen LogP contribution in [0.4, 0.5) is 0 Å². The number of epoxide rings is 1. The standard InChI is InChI=1S/C19H25NO2/c1-2-4-15(5-3-1)18-19(22-18,16-6-7-16)13-21-17-12-20-10-8-14(17)9-11-20/h1-5,14,16-18H,6-13H2/t17-,18-,19-/m1/s1. The summed E-state index contributed by atoms with van der Waals surface area (Å²) in [4.78, 5) is 2.57. The Kier molecular flexibility index (Phi) is 3.11. The SMILES string of the molecule is c1ccc([C@H]2O[C@]2(CO[C@@H]2CN3CCC2CC3)C2CC2)cc1. The van der Waals surface area contributed by atoms with Gasteiger partial charge in [0.15, 0.2) is 0 Å². The maximum atomic E-state index is 6.43. The molecule has 4 heterocycles. The molecule has 1 aliphatic carbocycles. The summed E-state index contributed by atoms with van der Waals surface area (Å²) < 4.78 is 12.7. The number of nitrogens with zero attached hydrogens (tertiary/aromatic N) is 1. The quantitative estimate of drug-likeness (QED) is 0.781. The van der Waals surface area contributed by atoms with Crippen LogP contribution in [0.5, 0.6) is 0 Å². The Hall–Kier alpha value is -0.900. The van der Waals surface area contributed by atoms with Crippen molar-refractivity contribution < 1.29 is 9.47 Å². The summed E-state index contributed by atoms with van der Waals surface area (Å²) in [5.74, 6) is 1.51. The molecule has 3 nitrogen and oxygen atoms in total. The molecule has 6 rings (SSSR count). The molecule has 0 aromatic heterocycles. The predicted molar refractivity (Wildman–Crippen MR) is 84.6 cm³/mol. The molecule has 0 unspecified atom stereocenters. The third-order valence-corrected chi connectivity index (χ3v) is 6.21. The molecule has 118 valence electrons. The van der Waals surface area contributed by atoms with Gasteiger partial charge in [-0.05, 0) is 56.2 Å². The lowest BCUT2D eigenvalue weighted by Crippen LogP contribution is -2.52. The number of hydrogen-bond acceptors (Lipinski definition) is 3. The second-order valence-corrected chi connectivity index (χ2v) is 7.63. The van der Waals surface area contributed by atoms with Gasteiger partial charge in [-0.15, -0.1) is 0 Å². The van der Waals surface area contributed by atoms with Gasteiger partial charge in [-0.1, -0.05) is 30.3 Å². The summed E-state index contributed by atoms with van der Waals surface area (Å²) >= 11 is 0. The fraction of sp³-hybridized carbons (Fsp3) is 0.684. The molecular formula is C19H25NO2. The molecule has 0 amide bonds. The minimum atomic E-state index is -0.00657. The summed E-state index contributed by atoms with van der Waals surface area (Å²) in [6.45, 7) is 4.50. The van der Waals surface area contributed by atoms with E-state index in [2.05, 4.69) is 35.2 Å². The summed E-state index contributed by atoms with van der Waals surface area (Å²) in [6.07, 6.45) is 5.98. The summed E-state index contributed by atoms with van der Waals surface area (Å²) in [5.41, 5.74) is 1.32. The van der Waals surface area contributed by atoms with Crippen molar-refractivity contribution in [1.29, 1.82) is 0 Å². The smallest absolute Gasteiger partial charge is 0.125 e. The van der Waals surface area contributed by atoms with Gasteiger partial charge in [0, 0.05) is 6.54 Å². The van der Waals surface area contributed by atoms with E-state index in [1.54, 1.807) is 0 Å². The molecule has 0 spiro atoms. The third kappa shape index (κ3) is 2.22. The molecule has 2 bridgehead atoms. The van der Waals surface area contributed by atoms with E-state index in [1.165, 1.54) is 44.3 Å². The van der Waals surface area contributed by atoms with Crippen LogP contribution < -0.4 is 0 Å². The first-order chi connectivity index (χ1) is 10.9. The number of hydrogen-bond donors (Lipinski definition) is 0. The highest BCUT2D eigenvalue weighted by Gasteiger charge is 2.65. The van der Waals surface area contributed by atoms with Crippen molar-refractivity contribution in [3.63, 3.8) is 0 Å². The van der Waals surface area contributed by atoms with Crippen molar-refractivity contribution in [3.8, 4) is 0 Å². The molecule has 5 fully saturated rings. The normalized spacial score (nSPS) is 43.3. The zero-order valence-electron chi connectivity index (χ0n) is 13.1. The van der Waals surface area contributed by atoms with E-state index in [9.17, 15) is 0 Å². The van der Waals surface area contributed by atoms with Gasteiger partial charge in [-0.2, -0.15) is 0 Å². The van der Waals surface area contributed by atoms with Crippen LogP contribution in [0.1, 0.15) is 37.4 Å². The lowest BCUT2D eigenvalue weighted by Gasteiger charge is -2.44. The van der Waals surface area contributed by atoms with Crippen LogP contribution >= 0.6 is 0 Å². The van der Waals surface area contributed by atoms with Crippen molar-refractivity contribution in [3.05, 3.63) is 35.9 Å². The van der Waals surface area contributed by atoms with Gasteiger partial charge in [0.2, 0.25) is 0 Å². The molecule has 5 aliphatic rings. The highest BCUT2D eigenvalue weighted by Crippen LogP contribution is 2.61. The van der Waals surface area contributed by atoms with Gasteiger partial charge in [0.1, 0.15) is 11.7 Å². The largest absolute Gasteiger partial charge is 0.373 e. The minimum absolute atomic E-state index is 0.00657. The Labute approximate surface area is 132 Å². The van der Waals surface area contributed by atoms with Crippen LogP contribution in [0.3, 0.4) is 0 Å². The Balaban J connectivity index is 1.27. The van der Waals surface area contributed by atoms with Crippen LogP contribution in [0.15, 0.2) is 30.3 Å². The number of rotatable bonds is 5. The van der Waals surface area contributed by atoms with Gasteiger partial charge in [-0.25, -0.2) is 0 Å². The second-order valence-electron chi connectivity index (χ2n) is 7.63.